The number of hydrogen-bond acceptors (Lipinski definition) is 8. The number of nitrogens with two attached hydrogens (primary N) is 1. The van der Waals surface area contributed by atoms with Crippen molar-refractivity contribution < 1.29 is 34.5 Å². The fraction of sp³-hybridized carbons (Fsp3) is 0.435. The van der Waals surface area contributed by atoms with Gasteiger partial charge in [0.25, 0.3) is 0 Å². The Balaban J connectivity index is 2.28. The molecule has 0 aliphatic rings. The molecule has 6 unspecified atom stereocenters. The van der Waals surface area contributed by atoms with E-state index in [1.54, 1.807) is 30.3 Å². The average Bonchev–Trinajstić information content (AvgIpc) is 3.34. The Morgan fingerprint density at radius 2 is 1.50 bits per heavy atom. The molecule has 0 aliphatic heterocycles. The van der Waals surface area contributed by atoms with E-state index in [-0.39, 0.29) is 12.8 Å². The van der Waals surface area contributed by atoms with Gasteiger partial charge in [0.1, 0.15) is 18.1 Å². The number of nitrogens with one attached hydrogen (secondary N) is 4. The average molecular weight is 505 g/mol. The Morgan fingerprint density at radius 3 is 2.03 bits per heavy atom. The van der Waals surface area contributed by atoms with E-state index in [1.807, 2.05) is 0 Å². The maximum absolute atomic E-state index is 13.2. The van der Waals surface area contributed by atoms with Crippen molar-refractivity contribution in [2.45, 2.75) is 63.1 Å². The number of aromatic nitrogens is 2. The highest BCUT2D eigenvalue weighted by molar-refractivity contribution is 5.94. The van der Waals surface area contributed by atoms with Gasteiger partial charge in [-0.3, -0.25) is 14.4 Å². The number of carbonyl (C=O) groups is 4. The molecule has 0 bridgehead atoms. The quantitative estimate of drug-likeness (QED) is 0.148. The summed E-state index contributed by atoms with van der Waals surface area (Å²) < 4.78 is 0. The van der Waals surface area contributed by atoms with Crippen LogP contribution >= 0.6 is 0 Å². The second kappa shape index (κ2) is 13.3. The van der Waals surface area contributed by atoms with Crippen LogP contribution in [0.5, 0.6) is 0 Å². The fourth-order valence-electron chi connectivity index (χ4n) is 3.29. The zero-order valence-corrected chi connectivity index (χ0v) is 19.9. The van der Waals surface area contributed by atoms with Crippen molar-refractivity contribution in [2.75, 3.05) is 0 Å². The van der Waals surface area contributed by atoms with Crippen molar-refractivity contribution in [3.63, 3.8) is 0 Å². The van der Waals surface area contributed by atoms with Gasteiger partial charge in [-0.2, -0.15) is 0 Å². The van der Waals surface area contributed by atoms with Crippen LogP contribution in [0.25, 0.3) is 0 Å². The number of carbonyl (C=O) groups excluding carboxylic acids is 3. The Kier molecular flexibility index (Phi) is 10.5. The second-order valence-corrected chi connectivity index (χ2v) is 8.42. The minimum atomic E-state index is -1.60. The molecule has 2 rings (SSSR count). The number of aromatic amines is 1. The van der Waals surface area contributed by atoms with Crippen LogP contribution in [0.1, 0.15) is 25.1 Å². The maximum Gasteiger partial charge on any atom is 0.328 e. The van der Waals surface area contributed by atoms with Gasteiger partial charge < -0.3 is 42.0 Å². The number of nitrogens with zero attached hydrogens (tertiary/aromatic N) is 1. The third kappa shape index (κ3) is 8.45. The van der Waals surface area contributed by atoms with Crippen LogP contribution in [0.2, 0.25) is 0 Å². The van der Waals surface area contributed by atoms with Crippen molar-refractivity contribution in [3.8, 4) is 0 Å². The number of carboxylic acid groups (broad SMARTS) is 1. The molecule has 13 heteroatoms. The number of H-pyrrole nitrogens is 1. The largest absolute Gasteiger partial charge is 0.480 e. The second-order valence-electron chi connectivity index (χ2n) is 8.42. The molecule has 0 saturated carbocycles. The van der Waals surface area contributed by atoms with Gasteiger partial charge in [-0.25, -0.2) is 9.78 Å². The van der Waals surface area contributed by atoms with Gasteiger partial charge in [-0.05, 0) is 19.4 Å². The van der Waals surface area contributed by atoms with E-state index in [2.05, 4.69) is 25.9 Å². The first-order chi connectivity index (χ1) is 17.0. The summed E-state index contributed by atoms with van der Waals surface area (Å²) in [5.41, 5.74) is 6.87. The first kappa shape index (κ1) is 28.4. The van der Waals surface area contributed by atoms with Crippen LogP contribution in [-0.4, -0.2) is 85.4 Å². The summed E-state index contributed by atoms with van der Waals surface area (Å²) in [5.74, 6) is -3.82. The molecule has 36 heavy (non-hydrogen) atoms. The lowest BCUT2D eigenvalue weighted by molar-refractivity contribution is -0.145. The number of hydrogen-bond donors (Lipinski definition) is 8. The highest BCUT2D eigenvalue weighted by atomic mass is 16.4. The monoisotopic (exact) mass is 504 g/mol. The number of benzene rings is 1. The van der Waals surface area contributed by atoms with Crippen molar-refractivity contribution >= 4 is 23.7 Å². The lowest BCUT2D eigenvalue weighted by atomic mass is 10.0. The zero-order valence-electron chi connectivity index (χ0n) is 19.9. The van der Waals surface area contributed by atoms with Gasteiger partial charge in [0.2, 0.25) is 17.7 Å². The highest BCUT2D eigenvalue weighted by Crippen LogP contribution is 2.07. The minimum Gasteiger partial charge on any atom is -0.480 e. The number of carboxylic acids is 1. The van der Waals surface area contributed by atoms with Gasteiger partial charge in [-0.15, -0.1) is 0 Å². The molecule has 9 N–H and O–H groups in total. The Bertz CT molecular complexity index is 1010. The zero-order chi connectivity index (χ0) is 26.8. The summed E-state index contributed by atoms with van der Waals surface area (Å²) in [4.78, 5) is 56.9. The minimum absolute atomic E-state index is 0.00245. The van der Waals surface area contributed by atoms with E-state index in [0.29, 0.717) is 11.3 Å². The molecule has 1 aromatic carbocycles. The number of rotatable bonds is 13. The SMILES string of the molecule is CC(O)C(N)C(=O)NC(Cc1cnc[nH]1)C(=O)NC(Cc1ccccc1)C(=O)NC(C(=O)O)C(C)O. The number of aliphatic carboxylic acids is 1. The number of aliphatic hydroxyl groups excluding tert-OH is 2. The first-order valence-corrected chi connectivity index (χ1v) is 11.3. The molecule has 0 saturated heterocycles. The number of imidazole rings is 1. The van der Waals surface area contributed by atoms with Crippen LogP contribution in [-0.2, 0) is 32.0 Å². The van der Waals surface area contributed by atoms with Gasteiger partial charge in [0.15, 0.2) is 6.04 Å². The molecule has 1 heterocycles. The Hall–Kier alpha value is -3.81. The molecule has 0 aliphatic carbocycles. The molecule has 1 aromatic heterocycles. The van der Waals surface area contributed by atoms with Gasteiger partial charge in [-0.1, -0.05) is 30.3 Å². The molecular formula is C23H32N6O7. The molecule has 2 aromatic rings. The maximum atomic E-state index is 13.2. The number of amides is 3. The van der Waals surface area contributed by atoms with E-state index < -0.39 is 60.1 Å². The Morgan fingerprint density at radius 1 is 0.917 bits per heavy atom. The summed E-state index contributed by atoms with van der Waals surface area (Å²) in [6.45, 7) is 2.54. The molecule has 3 amide bonds. The number of aliphatic hydroxyl groups is 2. The van der Waals surface area contributed by atoms with Crippen molar-refractivity contribution in [3.05, 3.63) is 54.1 Å². The predicted molar refractivity (Wildman–Crippen MR) is 127 cm³/mol. The van der Waals surface area contributed by atoms with E-state index in [0.717, 1.165) is 0 Å². The van der Waals surface area contributed by atoms with E-state index in [4.69, 9.17) is 5.73 Å². The summed E-state index contributed by atoms with van der Waals surface area (Å²) >= 11 is 0. The molecule has 0 spiro atoms. The van der Waals surface area contributed by atoms with E-state index in [1.165, 1.54) is 26.4 Å². The van der Waals surface area contributed by atoms with Crippen LogP contribution in [0.4, 0.5) is 0 Å². The van der Waals surface area contributed by atoms with Crippen molar-refractivity contribution in [1.82, 2.24) is 25.9 Å². The highest BCUT2D eigenvalue weighted by Gasteiger charge is 2.32. The van der Waals surface area contributed by atoms with Crippen LogP contribution in [0.15, 0.2) is 42.9 Å². The van der Waals surface area contributed by atoms with Crippen molar-refractivity contribution in [1.29, 1.82) is 0 Å². The third-order valence-corrected chi connectivity index (χ3v) is 5.40. The Labute approximate surface area is 207 Å². The van der Waals surface area contributed by atoms with Crippen LogP contribution in [0.3, 0.4) is 0 Å². The molecule has 6 atom stereocenters. The smallest absolute Gasteiger partial charge is 0.328 e. The van der Waals surface area contributed by atoms with Crippen LogP contribution < -0.4 is 21.7 Å². The normalized spacial score (nSPS) is 16.0. The molecule has 196 valence electrons. The summed E-state index contributed by atoms with van der Waals surface area (Å²) in [7, 11) is 0. The lowest BCUT2D eigenvalue weighted by Crippen LogP contribution is -2.59. The summed E-state index contributed by atoms with van der Waals surface area (Å²) in [5, 5.41) is 36.0. The third-order valence-electron chi connectivity index (χ3n) is 5.40. The molecule has 0 fully saturated rings. The van der Waals surface area contributed by atoms with Crippen molar-refractivity contribution in [2.24, 2.45) is 5.73 Å². The first-order valence-electron chi connectivity index (χ1n) is 11.3. The lowest BCUT2D eigenvalue weighted by Gasteiger charge is -2.26. The van der Waals surface area contributed by atoms with Gasteiger partial charge >= 0.3 is 5.97 Å². The summed E-state index contributed by atoms with van der Waals surface area (Å²) in [6.07, 6.45) is 0.244. The van der Waals surface area contributed by atoms with Gasteiger partial charge in [0.05, 0.1) is 18.5 Å². The molecule has 13 nitrogen and oxygen atoms in total. The van der Waals surface area contributed by atoms with Crippen LogP contribution in [0, 0.1) is 0 Å². The molecular weight excluding hydrogens is 472 g/mol. The standard InChI is InChI=1S/C23H32N6O7/c1-12(30)18(24)22(34)28-17(9-15-10-25-11-26-15)20(32)27-16(8-14-6-4-3-5-7-14)21(33)29-19(13(2)31)23(35)36/h3-7,10-13,16-19,30-31H,8-9,24H2,1-2H3,(H,25,26)(H,27,32)(H,28,34)(H,29,33)(H,35,36). The fourth-order valence-corrected chi connectivity index (χ4v) is 3.29. The summed E-state index contributed by atoms with van der Waals surface area (Å²) in [6, 6.07) is 3.34. The molecule has 0 radical (unpaired) electrons. The predicted octanol–water partition coefficient (Wildman–Crippen LogP) is -2.18. The topological polar surface area (TPSA) is 220 Å². The van der Waals surface area contributed by atoms with E-state index in [9.17, 15) is 34.5 Å². The van der Waals surface area contributed by atoms with E-state index >= 15 is 0 Å². The van der Waals surface area contributed by atoms with Gasteiger partial charge in [0, 0.05) is 24.7 Å².